The minimum atomic E-state index is -0.138. The van der Waals surface area contributed by atoms with Gasteiger partial charge >= 0.3 is 5.97 Å². The first-order valence-corrected chi connectivity index (χ1v) is 7.34. The molecule has 2 atom stereocenters. The van der Waals surface area contributed by atoms with Crippen molar-refractivity contribution in [1.82, 2.24) is 0 Å². The van der Waals surface area contributed by atoms with E-state index in [1.807, 2.05) is 13.8 Å². The van der Waals surface area contributed by atoms with Gasteiger partial charge in [-0.1, -0.05) is 27.2 Å². The summed E-state index contributed by atoms with van der Waals surface area (Å²) in [4.78, 5) is 11.3. The Morgan fingerprint density at radius 1 is 0.947 bits per heavy atom. The number of carbonyl (C=O) groups is 1. The number of unbranched alkanes of at least 4 members (excludes halogenated alkanes) is 1. The molecule has 4 heteroatoms. The van der Waals surface area contributed by atoms with Crippen molar-refractivity contribution < 1.29 is 19.0 Å². The lowest BCUT2D eigenvalue weighted by Gasteiger charge is -2.18. The van der Waals surface area contributed by atoms with Crippen molar-refractivity contribution in [2.45, 2.75) is 66.1 Å². The summed E-state index contributed by atoms with van der Waals surface area (Å²) >= 11 is 0. The molecule has 0 aliphatic rings. The Labute approximate surface area is 117 Å². The molecule has 0 radical (unpaired) electrons. The Morgan fingerprint density at radius 3 is 2.11 bits per heavy atom. The SMILES string of the molecule is CCCCC(=O)OCC(C)OCC(C)OCC(C)C. The molecule has 0 aliphatic heterocycles. The second-order valence-corrected chi connectivity index (χ2v) is 5.47. The highest BCUT2D eigenvalue weighted by Gasteiger charge is 2.10. The summed E-state index contributed by atoms with van der Waals surface area (Å²) in [5.74, 6) is 0.390. The van der Waals surface area contributed by atoms with E-state index >= 15 is 0 Å². The lowest BCUT2D eigenvalue weighted by Crippen LogP contribution is -2.25. The first-order chi connectivity index (χ1) is 8.95. The Kier molecular flexibility index (Phi) is 10.9. The maximum Gasteiger partial charge on any atom is 0.305 e. The molecule has 0 heterocycles. The van der Waals surface area contributed by atoms with E-state index in [0.717, 1.165) is 19.4 Å². The van der Waals surface area contributed by atoms with Crippen LogP contribution in [0, 0.1) is 5.92 Å². The Hall–Kier alpha value is -0.610. The van der Waals surface area contributed by atoms with Crippen molar-refractivity contribution in [3.8, 4) is 0 Å². The third-order valence-electron chi connectivity index (χ3n) is 2.54. The van der Waals surface area contributed by atoms with Crippen LogP contribution in [-0.2, 0) is 19.0 Å². The predicted octanol–water partition coefficient (Wildman–Crippen LogP) is 3.19. The van der Waals surface area contributed by atoms with Gasteiger partial charge in [0.15, 0.2) is 0 Å². The van der Waals surface area contributed by atoms with E-state index in [0.29, 0.717) is 25.6 Å². The number of rotatable bonds is 11. The lowest BCUT2D eigenvalue weighted by molar-refractivity contribution is -0.148. The van der Waals surface area contributed by atoms with Gasteiger partial charge in [0, 0.05) is 13.0 Å². The number of esters is 1. The largest absolute Gasteiger partial charge is 0.463 e. The number of hydrogen-bond acceptors (Lipinski definition) is 4. The number of carbonyl (C=O) groups excluding carboxylic acids is 1. The van der Waals surface area contributed by atoms with Gasteiger partial charge in [-0.3, -0.25) is 4.79 Å². The molecule has 0 aliphatic carbocycles. The molecule has 0 aromatic rings. The van der Waals surface area contributed by atoms with Crippen LogP contribution in [0.1, 0.15) is 53.9 Å². The van der Waals surface area contributed by atoms with Crippen molar-refractivity contribution in [1.29, 1.82) is 0 Å². The average molecular weight is 274 g/mol. The molecule has 4 nitrogen and oxygen atoms in total. The van der Waals surface area contributed by atoms with Gasteiger partial charge in [0.1, 0.15) is 6.61 Å². The molecule has 0 saturated carbocycles. The van der Waals surface area contributed by atoms with Crippen LogP contribution < -0.4 is 0 Å². The van der Waals surface area contributed by atoms with Gasteiger partial charge in [-0.25, -0.2) is 0 Å². The van der Waals surface area contributed by atoms with Crippen LogP contribution >= 0.6 is 0 Å². The van der Waals surface area contributed by atoms with E-state index in [2.05, 4.69) is 20.8 Å². The third kappa shape index (κ3) is 12.2. The second-order valence-electron chi connectivity index (χ2n) is 5.47. The van der Waals surface area contributed by atoms with Crippen LogP contribution in [0.5, 0.6) is 0 Å². The van der Waals surface area contributed by atoms with E-state index in [1.165, 1.54) is 0 Å². The van der Waals surface area contributed by atoms with E-state index in [-0.39, 0.29) is 18.2 Å². The fraction of sp³-hybridized carbons (Fsp3) is 0.933. The summed E-state index contributed by atoms with van der Waals surface area (Å²) in [7, 11) is 0. The van der Waals surface area contributed by atoms with Crippen LogP contribution in [0.15, 0.2) is 0 Å². The summed E-state index contributed by atoms with van der Waals surface area (Å²) in [6.45, 7) is 11.8. The quantitative estimate of drug-likeness (QED) is 0.543. The molecule has 2 unspecified atom stereocenters. The first-order valence-electron chi connectivity index (χ1n) is 7.34. The maximum atomic E-state index is 11.3. The molecule has 0 rings (SSSR count). The van der Waals surface area contributed by atoms with Gasteiger partial charge in [0.25, 0.3) is 0 Å². The van der Waals surface area contributed by atoms with Gasteiger partial charge < -0.3 is 14.2 Å². The van der Waals surface area contributed by atoms with Gasteiger partial charge in [-0.15, -0.1) is 0 Å². The van der Waals surface area contributed by atoms with E-state index in [9.17, 15) is 4.79 Å². The van der Waals surface area contributed by atoms with Gasteiger partial charge in [0.2, 0.25) is 0 Å². The minimum absolute atomic E-state index is 0.0700. The van der Waals surface area contributed by atoms with Crippen molar-refractivity contribution >= 4 is 5.97 Å². The summed E-state index contributed by atoms with van der Waals surface area (Å²) in [5.41, 5.74) is 0. The Balaban J connectivity index is 3.57. The van der Waals surface area contributed by atoms with Crippen molar-refractivity contribution in [3.63, 3.8) is 0 Å². The highest BCUT2D eigenvalue weighted by atomic mass is 16.6. The van der Waals surface area contributed by atoms with Crippen LogP contribution in [0.3, 0.4) is 0 Å². The summed E-state index contributed by atoms with van der Waals surface area (Å²) in [5, 5.41) is 0. The molecule has 0 saturated heterocycles. The zero-order valence-electron chi connectivity index (χ0n) is 13.1. The van der Waals surface area contributed by atoms with E-state index < -0.39 is 0 Å². The molecule has 0 amide bonds. The van der Waals surface area contributed by atoms with Gasteiger partial charge in [-0.2, -0.15) is 0 Å². The standard InChI is InChI=1S/C15H30O4/c1-6-7-8-15(16)19-11-14(5)18-10-13(4)17-9-12(2)3/h12-14H,6-11H2,1-5H3. The number of ether oxygens (including phenoxy) is 3. The van der Waals surface area contributed by atoms with Crippen molar-refractivity contribution in [2.24, 2.45) is 5.92 Å². The zero-order valence-corrected chi connectivity index (χ0v) is 13.1. The molecular formula is C15H30O4. The second kappa shape index (κ2) is 11.2. The van der Waals surface area contributed by atoms with Crippen molar-refractivity contribution in [2.75, 3.05) is 19.8 Å². The van der Waals surface area contributed by atoms with E-state index in [4.69, 9.17) is 14.2 Å². The molecule has 0 bridgehead atoms. The first kappa shape index (κ1) is 18.4. The third-order valence-corrected chi connectivity index (χ3v) is 2.54. The Bertz CT molecular complexity index is 228. The number of hydrogen-bond donors (Lipinski definition) is 0. The zero-order chi connectivity index (χ0) is 14.7. The van der Waals surface area contributed by atoms with Gasteiger partial charge in [0.05, 0.1) is 18.8 Å². The topological polar surface area (TPSA) is 44.8 Å². The smallest absolute Gasteiger partial charge is 0.305 e. The fourth-order valence-electron chi connectivity index (χ4n) is 1.36. The molecule has 19 heavy (non-hydrogen) atoms. The molecule has 114 valence electrons. The average Bonchev–Trinajstić information content (AvgIpc) is 2.37. The highest BCUT2D eigenvalue weighted by Crippen LogP contribution is 2.02. The minimum Gasteiger partial charge on any atom is -0.463 e. The Morgan fingerprint density at radius 2 is 1.53 bits per heavy atom. The molecule has 0 aromatic heterocycles. The normalized spacial score (nSPS) is 14.4. The van der Waals surface area contributed by atoms with Crippen LogP contribution in [0.25, 0.3) is 0 Å². The molecule has 0 aromatic carbocycles. The maximum absolute atomic E-state index is 11.3. The predicted molar refractivity (Wildman–Crippen MR) is 76.2 cm³/mol. The molecule has 0 spiro atoms. The van der Waals surface area contributed by atoms with Gasteiger partial charge in [-0.05, 0) is 26.2 Å². The summed E-state index contributed by atoms with van der Waals surface area (Å²) in [6.07, 6.45) is 2.37. The molecule has 0 fully saturated rings. The van der Waals surface area contributed by atoms with Crippen molar-refractivity contribution in [3.05, 3.63) is 0 Å². The van der Waals surface area contributed by atoms with Crippen LogP contribution in [0.2, 0.25) is 0 Å². The molecule has 0 N–H and O–H groups in total. The fourth-order valence-corrected chi connectivity index (χ4v) is 1.36. The molecular weight excluding hydrogens is 244 g/mol. The summed E-state index contributed by atoms with van der Waals surface area (Å²) < 4.78 is 16.3. The van der Waals surface area contributed by atoms with Crippen LogP contribution in [-0.4, -0.2) is 38.0 Å². The summed E-state index contributed by atoms with van der Waals surface area (Å²) in [6, 6.07) is 0. The highest BCUT2D eigenvalue weighted by molar-refractivity contribution is 5.69. The monoisotopic (exact) mass is 274 g/mol. The van der Waals surface area contributed by atoms with Crippen LogP contribution in [0.4, 0.5) is 0 Å². The van der Waals surface area contributed by atoms with E-state index in [1.54, 1.807) is 0 Å². The lowest BCUT2D eigenvalue weighted by atomic mass is 10.2.